The number of amides is 1. The summed E-state index contributed by atoms with van der Waals surface area (Å²) in [6.45, 7) is 1.65. The molecule has 0 saturated carbocycles. The van der Waals surface area contributed by atoms with Crippen molar-refractivity contribution in [1.82, 2.24) is 14.6 Å². The van der Waals surface area contributed by atoms with Crippen LogP contribution in [0.2, 0.25) is 0 Å². The molecule has 2 heterocycles. The van der Waals surface area contributed by atoms with Crippen molar-refractivity contribution in [2.45, 2.75) is 12.8 Å². The van der Waals surface area contributed by atoms with Gasteiger partial charge in [-0.2, -0.15) is 0 Å². The summed E-state index contributed by atoms with van der Waals surface area (Å²) in [6, 6.07) is 0. The number of piperidine rings is 1. The van der Waals surface area contributed by atoms with Gasteiger partial charge in [0.25, 0.3) is 5.91 Å². The van der Waals surface area contributed by atoms with E-state index < -0.39 is 10.0 Å². The zero-order chi connectivity index (χ0) is 13.9. The van der Waals surface area contributed by atoms with Crippen LogP contribution in [-0.4, -0.2) is 49.5 Å². The second kappa shape index (κ2) is 5.98. The minimum atomic E-state index is -3.08. The summed E-state index contributed by atoms with van der Waals surface area (Å²) in [5.74, 6) is 0.173. The maximum absolute atomic E-state index is 11.7. The summed E-state index contributed by atoms with van der Waals surface area (Å²) in [5, 5.41) is 4.56. The minimum absolute atomic E-state index is 0.160. The van der Waals surface area contributed by atoms with E-state index in [0.29, 0.717) is 31.2 Å². The number of sulfonamides is 1. The maximum Gasteiger partial charge on any atom is 0.270 e. The lowest BCUT2D eigenvalue weighted by Crippen LogP contribution is -2.41. The molecule has 1 amide bonds. The summed E-state index contributed by atoms with van der Waals surface area (Å²) >= 11 is 1.39. The van der Waals surface area contributed by atoms with Crippen molar-refractivity contribution in [1.29, 1.82) is 0 Å². The zero-order valence-electron chi connectivity index (χ0n) is 10.7. The molecule has 0 spiro atoms. The fraction of sp³-hybridized carbons (Fsp3) is 0.636. The smallest absolute Gasteiger partial charge is 0.270 e. The molecule has 1 aromatic heterocycles. The molecule has 0 atom stereocenters. The van der Waals surface area contributed by atoms with Gasteiger partial charge in [-0.3, -0.25) is 4.79 Å². The van der Waals surface area contributed by atoms with Gasteiger partial charge in [-0.15, -0.1) is 11.3 Å². The molecule has 1 aliphatic heterocycles. The predicted octanol–water partition coefficient (Wildman–Crippen LogP) is 0.544. The summed E-state index contributed by atoms with van der Waals surface area (Å²) < 4.78 is 24.2. The Morgan fingerprint density at radius 2 is 2.21 bits per heavy atom. The van der Waals surface area contributed by atoms with Gasteiger partial charge >= 0.3 is 0 Å². The van der Waals surface area contributed by atoms with Crippen molar-refractivity contribution < 1.29 is 13.2 Å². The first-order valence-electron chi connectivity index (χ1n) is 6.08. The van der Waals surface area contributed by atoms with E-state index in [1.54, 1.807) is 10.9 Å². The van der Waals surface area contributed by atoms with Crippen LogP contribution in [0, 0.1) is 5.92 Å². The second-order valence-electron chi connectivity index (χ2n) is 4.69. The number of thiazole rings is 1. The van der Waals surface area contributed by atoms with Crippen LogP contribution in [0.1, 0.15) is 23.3 Å². The van der Waals surface area contributed by atoms with Crippen LogP contribution in [0.15, 0.2) is 10.9 Å². The highest BCUT2D eigenvalue weighted by atomic mass is 32.2. The topological polar surface area (TPSA) is 79.4 Å². The molecule has 1 aromatic rings. The Labute approximate surface area is 116 Å². The van der Waals surface area contributed by atoms with Gasteiger partial charge in [0.05, 0.1) is 11.8 Å². The molecular formula is C11H17N3O3S2. The number of hydrogen-bond acceptors (Lipinski definition) is 5. The van der Waals surface area contributed by atoms with E-state index in [4.69, 9.17) is 0 Å². The van der Waals surface area contributed by atoms with Crippen molar-refractivity contribution in [2.75, 3.05) is 25.9 Å². The Kier molecular flexibility index (Phi) is 4.54. The fourth-order valence-electron chi connectivity index (χ4n) is 2.10. The van der Waals surface area contributed by atoms with Crippen molar-refractivity contribution in [2.24, 2.45) is 5.92 Å². The normalized spacial score (nSPS) is 18.4. The maximum atomic E-state index is 11.7. The largest absolute Gasteiger partial charge is 0.350 e. The van der Waals surface area contributed by atoms with Crippen molar-refractivity contribution in [3.05, 3.63) is 16.6 Å². The third-order valence-corrected chi connectivity index (χ3v) is 5.15. The first-order chi connectivity index (χ1) is 8.97. The standard InChI is InChI=1S/C11H17N3O3S2/c1-19(16,17)14-4-2-9(3-5-14)6-12-11(15)10-7-18-8-13-10/h7-9H,2-6H2,1H3,(H,12,15). The Morgan fingerprint density at radius 1 is 1.53 bits per heavy atom. The van der Waals surface area contributed by atoms with Gasteiger partial charge in [0, 0.05) is 25.0 Å². The molecule has 1 N–H and O–H groups in total. The minimum Gasteiger partial charge on any atom is -0.350 e. The lowest BCUT2D eigenvalue weighted by atomic mass is 9.98. The number of nitrogens with zero attached hydrogens (tertiary/aromatic N) is 2. The number of hydrogen-bond donors (Lipinski definition) is 1. The van der Waals surface area contributed by atoms with Crippen molar-refractivity contribution in [3.8, 4) is 0 Å². The molecular weight excluding hydrogens is 286 g/mol. The second-order valence-corrected chi connectivity index (χ2v) is 7.39. The Hall–Kier alpha value is -0.990. The van der Waals surface area contributed by atoms with E-state index in [-0.39, 0.29) is 5.91 Å². The average molecular weight is 303 g/mol. The molecule has 1 saturated heterocycles. The van der Waals surface area contributed by atoms with Gasteiger partial charge in [0.1, 0.15) is 5.69 Å². The van der Waals surface area contributed by atoms with Gasteiger partial charge in [0.15, 0.2) is 0 Å². The molecule has 0 aliphatic carbocycles. The van der Waals surface area contributed by atoms with E-state index in [0.717, 1.165) is 12.8 Å². The number of nitrogens with one attached hydrogen (secondary N) is 1. The lowest BCUT2D eigenvalue weighted by Gasteiger charge is -2.30. The van der Waals surface area contributed by atoms with E-state index in [9.17, 15) is 13.2 Å². The van der Waals surface area contributed by atoms with E-state index in [1.165, 1.54) is 21.9 Å². The Bertz CT molecular complexity index is 519. The first kappa shape index (κ1) is 14.4. The SMILES string of the molecule is CS(=O)(=O)N1CCC(CNC(=O)c2cscn2)CC1. The number of carbonyl (C=O) groups is 1. The first-order valence-corrected chi connectivity index (χ1v) is 8.87. The van der Waals surface area contributed by atoms with Crippen LogP contribution in [0.4, 0.5) is 0 Å². The molecule has 1 fully saturated rings. The van der Waals surface area contributed by atoms with E-state index >= 15 is 0 Å². The third-order valence-electron chi connectivity index (χ3n) is 3.26. The average Bonchev–Trinajstić information content (AvgIpc) is 2.89. The van der Waals surface area contributed by atoms with E-state index in [2.05, 4.69) is 10.3 Å². The van der Waals surface area contributed by atoms with Crippen LogP contribution in [0.3, 0.4) is 0 Å². The van der Waals surface area contributed by atoms with Crippen LogP contribution in [0.5, 0.6) is 0 Å². The highest BCUT2D eigenvalue weighted by molar-refractivity contribution is 7.88. The van der Waals surface area contributed by atoms with Gasteiger partial charge in [-0.05, 0) is 18.8 Å². The molecule has 106 valence electrons. The summed E-state index contributed by atoms with van der Waals surface area (Å²) in [7, 11) is -3.08. The lowest BCUT2D eigenvalue weighted by molar-refractivity contribution is 0.0937. The molecule has 0 radical (unpaired) electrons. The predicted molar refractivity (Wildman–Crippen MR) is 73.6 cm³/mol. The molecule has 6 nitrogen and oxygen atoms in total. The molecule has 0 aromatic carbocycles. The van der Waals surface area contributed by atoms with Crippen LogP contribution < -0.4 is 5.32 Å². The summed E-state index contributed by atoms with van der Waals surface area (Å²) in [5.41, 5.74) is 2.07. The number of aromatic nitrogens is 1. The summed E-state index contributed by atoms with van der Waals surface area (Å²) in [4.78, 5) is 15.6. The highest BCUT2D eigenvalue weighted by Crippen LogP contribution is 2.18. The summed E-state index contributed by atoms with van der Waals surface area (Å²) in [6.07, 6.45) is 2.80. The molecule has 2 rings (SSSR count). The molecule has 0 unspecified atom stereocenters. The van der Waals surface area contributed by atoms with Gasteiger partial charge in [0.2, 0.25) is 10.0 Å². The number of carbonyl (C=O) groups excluding carboxylic acids is 1. The molecule has 1 aliphatic rings. The van der Waals surface area contributed by atoms with Crippen LogP contribution in [0.25, 0.3) is 0 Å². The Morgan fingerprint density at radius 3 is 2.74 bits per heavy atom. The van der Waals surface area contributed by atoms with E-state index in [1.807, 2.05) is 0 Å². The van der Waals surface area contributed by atoms with Crippen molar-refractivity contribution in [3.63, 3.8) is 0 Å². The van der Waals surface area contributed by atoms with Gasteiger partial charge in [-0.1, -0.05) is 0 Å². The molecule has 19 heavy (non-hydrogen) atoms. The van der Waals surface area contributed by atoms with Gasteiger partial charge in [-0.25, -0.2) is 17.7 Å². The quantitative estimate of drug-likeness (QED) is 0.880. The zero-order valence-corrected chi connectivity index (χ0v) is 12.3. The number of rotatable bonds is 4. The van der Waals surface area contributed by atoms with Gasteiger partial charge < -0.3 is 5.32 Å². The van der Waals surface area contributed by atoms with Crippen LogP contribution >= 0.6 is 11.3 Å². The van der Waals surface area contributed by atoms with Crippen molar-refractivity contribution >= 4 is 27.3 Å². The third kappa shape index (κ3) is 3.99. The monoisotopic (exact) mass is 303 g/mol. The molecule has 0 bridgehead atoms. The van der Waals surface area contributed by atoms with Crippen LogP contribution in [-0.2, 0) is 10.0 Å². The molecule has 8 heteroatoms. The highest BCUT2D eigenvalue weighted by Gasteiger charge is 2.25. The Balaban J connectivity index is 1.76. The fourth-order valence-corrected chi connectivity index (χ4v) is 3.50.